The van der Waals surface area contributed by atoms with Crippen molar-refractivity contribution < 1.29 is 4.79 Å². The van der Waals surface area contributed by atoms with Gasteiger partial charge in [0, 0.05) is 11.8 Å². The SMILES string of the molecule is Nc1ccccc1NC(=O)c1ccc(Cn2c(=S)[nH]c3ccncc32)cc1. The molecule has 4 N–H and O–H groups in total. The molecule has 0 aliphatic rings. The lowest BCUT2D eigenvalue weighted by Crippen LogP contribution is -2.13. The van der Waals surface area contributed by atoms with E-state index in [2.05, 4.69) is 15.3 Å². The number of nitrogens with zero attached hydrogens (tertiary/aromatic N) is 2. The van der Waals surface area contributed by atoms with Gasteiger partial charge in [0.05, 0.1) is 35.1 Å². The Morgan fingerprint density at radius 1 is 1.15 bits per heavy atom. The summed E-state index contributed by atoms with van der Waals surface area (Å²) in [5.41, 5.74) is 10.5. The van der Waals surface area contributed by atoms with Crippen LogP contribution < -0.4 is 11.1 Å². The number of imidazole rings is 1. The minimum atomic E-state index is -0.202. The predicted molar refractivity (Wildman–Crippen MR) is 109 cm³/mol. The smallest absolute Gasteiger partial charge is 0.255 e. The van der Waals surface area contributed by atoms with E-state index in [0.717, 1.165) is 16.6 Å². The van der Waals surface area contributed by atoms with Gasteiger partial charge in [0.1, 0.15) is 0 Å². The number of rotatable bonds is 4. The molecule has 1 amide bonds. The van der Waals surface area contributed by atoms with Crippen LogP contribution in [0.5, 0.6) is 0 Å². The zero-order valence-electron chi connectivity index (χ0n) is 14.3. The number of amides is 1. The average molecular weight is 375 g/mol. The third kappa shape index (κ3) is 3.45. The van der Waals surface area contributed by atoms with Crippen molar-refractivity contribution in [2.24, 2.45) is 0 Å². The van der Waals surface area contributed by atoms with Crippen molar-refractivity contribution in [3.05, 3.63) is 82.9 Å². The first kappa shape index (κ1) is 17.0. The lowest BCUT2D eigenvalue weighted by Gasteiger charge is -2.09. The number of carbonyl (C=O) groups excluding carboxylic acids is 1. The van der Waals surface area contributed by atoms with Gasteiger partial charge in [-0.1, -0.05) is 24.3 Å². The van der Waals surface area contributed by atoms with E-state index < -0.39 is 0 Å². The molecule has 134 valence electrons. The maximum absolute atomic E-state index is 12.4. The fourth-order valence-corrected chi connectivity index (χ4v) is 3.18. The number of anilines is 2. The molecule has 0 bridgehead atoms. The normalized spacial score (nSPS) is 10.8. The first-order valence-corrected chi connectivity index (χ1v) is 8.80. The Balaban J connectivity index is 1.54. The van der Waals surface area contributed by atoms with Gasteiger partial charge in [0.15, 0.2) is 4.77 Å². The molecule has 0 spiro atoms. The van der Waals surface area contributed by atoms with Gasteiger partial charge in [-0.05, 0) is 48.1 Å². The maximum atomic E-state index is 12.4. The van der Waals surface area contributed by atoms with Crippen molar-refractivity contribution in [2.75, 3.05) is 11.1 Å². The highest BCUT2D eigenvalue weighted by molar-refractivity contribution is 7.71. The van der Waals surface area contributed by atoms with Gasteiger partial charge >= 0.3 is 0 Å². The first-order chi connectivity index (χ1) is 13.1. The number of carbonyl (C=O) groups is 1. The summed E-state index contributed by atoms with van der Waals surface area (Å²) in [5.74, 6) is -0.202. The lowest BCUT2D eigenvalue weighted by molar-refractivity contribution is 0.102. The Bertz CT molecular complexity index is 1180. The zero-order chi connectivity index (χ0) is 18.8. The van der Waals surface area contributed by atoms with Crippen LogP contribution in [0.15, 0.2) is 67.0 Å². The molecular weight excluding hydrogens is 358 g/mol. The standard InChI is InChI=1S/C20H17N5OS/c21-15-3-1-2-4-16(15)23-19(26)14-7-5-13(6-8-14)12-25-18-11-22-10-9-17(18)24-20(25)27/h1-11H,12,21H2,(H,23,26)(H,24,27). The number of nitrogen functional groups attached to an aromatic ring is 1. The Labute approximate surface area is 160 Å². The summed E-state index contributed by atoms with van der Waals surface area (Å²) in [6.07, 6.45) is 3.51. The van der Waals surface area contributed by atoms with Gasteiger partial charge in [-0.3, -0.25) is 9.78 Å². The number of hydrogen-bond donors (Lipinski definition) is 3. The fraction of sp³-hybridized carbons (Fsp3) is 0.0500. The van der Waals surface area contributed by atoms with Gasteiger partial charge < -0.3 is 20.6 Å². The number of aromatic nitrogens is 3. The molecule has 2 aromatic carbocycles. The molecule has 0 aliphatic carbocycles. The molecule has 4 rings (SSSR count). The summed E-state index contributed by atoms with van der Waals surface area (Å²) in [5, 5.41) is 2.83. The maximum Gasteiger partial charge on any atom is 0.255 e. The second-order valence-corrected chi connectivity index (χ2v) is 6.53. The van der Waals surface area contributed by atoms with Crippen molar-refractivity contribution in [1.82, 2.24) is 14.5 Å². The molecule has 0 fully saturated rings. The minimum absolute atomic E-state index is 0.202. The Morgan fingerprint density at radius 2 is 1.93 bits per heavy atom. The Morgan fingerprint density at radius 3 is 2.70 bits per heavy atom. The zero-order valence-corrected chi connectivity index (χ0v) is 15.2. The van der Waals surface area contributed by atoms with Crippen molar-refractivity contribution >= 4 is 40.5 Å². The number of nitrogens with two attached hydrogens (primary N) is 1. The van der Waals surface area contributed by atoms with E-state index in [4.69, 9.17) is 18.0 Å². The topological polar surface area (TPSA) is 88.7 Å². The summed E-state index contributed by atoms with van der Waals surface area (Å²) in [6.45, 7) is 0.595. The highest BCUT2D eigenvalue weighted by Crippen LogP contribution is 2.19. The van der Waals surface area contributed by atoms with E-state index in [-0.39, 0.29) is 5.91 Å². The molecule has 4 aromatic rings. The van der Waals surface area contributed by atoms with Gasteiger partial charge in [0.2, 0.25) is 0 Å². The fourth-order valence-electron chi connectivity index (χ4n) is 2.91. The number of H-pyrrole nitrogens is 1. The number of para-hydroxylation sites is 2. The monoisotopic (exact) mass is 375 g/mol. The van der Waals surface area contributed by atoms with Crippen LogP contribution in [-0.2, 0) is 6.54 Å². The predicted octanol–water partition coefficient (Wildman–Crippen LogP) is 3.98. The van der Waals surface area contributed by atoms with Crippen molar-refractivity contribution in [2.45, 2.75) is 6.54 Å². The molecule has 0 atom stereocenters. The van der Waals surface area contributed by atoms with Crippen LogP contribution in [0.3, 0.4) is 0 Å². The first-order valence-electron chi connectivity index (χ1n) is 8.39. The van der Waals surface area contributed by atoms with Crippen LogP contribution in [0.25, 0.3) is 11.0 Å². The Kier molecular flexibility index (Phi) is 4.43. The molecule has 2 aromatic heterocycles. The van der Waals surface area contributed by atoms with Gasteiger partial charge in [0.25, 0.3) is 5.91 Å². The number of aromatic amines is 1. The second kappa shape index (κ2) is 7.05. The van der Waals surface area contributed by atoms with E-state index in [1.165, 1.54) is 0 Å². The summed E-state index contributed by atoms with van der Waals surface area (Å²) in [7, 11) is 0. The van der Waals surface area contributed by atoms with Crippen LogP contribution >= 0.6 is 12.2 Å². The summed E-state index contributed by atoms with van der Waals surface area (Å²) in [4.78, 5) is 19.8. The molecule has 0 aliphatic heterocycles. The summed E-state index contributed by atoms with van der Waals surface area (Å²) >= 11 is 5.41. The Hall–Kier alpha value is -3.45. The van der Waals surface area contributed by atoms with E-state index in [1.54, 1.807) is 36.7 Å². The van der Waals surface area contributed by atoms with Crippen molar-refractivity contribution in [1.29, 1.82) is 0 Å². The largest absolute Gasteiger partial charge is 0.397 e. The molecule has 0 unspecified atom stereocenters. The van der Waals surface area contributed by atoms with Gasteiger partial charge in [-0.25, -0.2) is 0 Å². The molecule has 2 heterocycles. The van der Waals surface area contributed by atoms with Crippen molar-refractivity contribution in [3.63, 3.8) is 0 Å². The molecule has 6 nitrogen and oxygen atoms in total. The number of pyridine rings is 1. The highest BCUT2D eigenvalue weighted by Gasteiger charge is 2.09. The van der Waals surface area contributed by atoms with E-state index >= 15 is 0 Å². The highest BCUT2D eigenvalue weighted by atomic mass is 32.1. The number of benzene rings is 2. The van der Waals surface area contributed by atoms with Crippen LogP contribution in [0.2, 0.25) is 0 Å². The number of fused-ring (bicyclic) bond motifs is 1. The molecule has 0 radical (unpaired) electrons. The van der Waals surface area contributed by atoms with Crippen LogP contribution in [0.4, 0.5) is 11.4 Å². The summed E-state index contributed by atoms with van der Waals surface area (Å²) < 4.78 is 2.62. The van der Waals surface area contributed by atoms with Gasteiger partial charge in [-0.15, -0.1) is 0 Å². The van der Waals surface area contributed by atoms with E-state index in [0.29, 0.717) is 28.3 Å². The average Bonchev–Trinajstić information content (AvgIpc) is 2.99. The lowest BCUT2D eigenvalue weighted by atomic mass is 10.1. The number of hydrogen-bond acceptors (Lipinski definition) is 4. The third-order valence-electron chi connectivity index (χ3n) is 4.34. The van der Waals surface area contributed by atoms with E-state index in [1.807, 2.05) is 34.9 Å². The van der Waals surface area contributed by atoms with Crippen LogP contribution in [0.1, 0.15) is 15.9 Å². The van der Waals surface area contributed by atoms with E-state index in [9.17, 15) is 4.79 Å². The third-order valence-corrected chi connectivity index (χ3v) is 4.67. The van der Waals surface area contributed by atoms with Crippen LogP contribution in [-0.4, -0.2) is 20.4 Å². The summed E-state index contributed by atoms with van der Waals surface area (Å²) in [6, 6.07) is 16.5. The molecule has 27 heavy (non-hydrogen) atoms. The molecule has 7 heteroatoms. The molecule has 0 saturated heterocycles. The number of nitrogens with one attached hydrogen (secondary N) is 2. The van der Waals surface area contributed by atoms with Crippen molar-refractivity contribution in [3.8, 4) is 0 Å². The van der Waals surface area contributed by atoms with Gasteiger partial charge in [-0.2, -0.15) is 0 Å². The van der Waals surface area contributed by atoms with Crippen LogP contribution in [0, 0.1) is 4.77 Å². The second-order valence-electron chi connectivity index (χ2n) is 6.15. The quantitative estimate of drug-likeness (QED) is 0.372. The molecular formula is C20H17N5OS. The minimum Gasteiger partial charge on any atom is -0.397 e. The molecule has 0 saturated carbocycles.